The van der Waals surface area contributed by atoms with Crippen molar-refractivity contribution in [1.82, 2.24) is 10.2 Å². The van der Waals surface area contributed by atoms with Crippen molar-refractivity contribution in [2.45, 2.75) is 58.9 Å². The first-order valence-corrected chi connectivity index (χ1v) is 7.67. The Bertz CT molecular complexity index is 342. The second-order valence-electron chi connectivity index (χ2n) is 6.40. The Kier molecular flexibility index (Phi) is 6.46. The standard InChI is InChI=1S/C15H29N3O2/c1-4-9-17-13(19)6-5-7-14(20)18-10-8-12(16)15(2,3)11-18/h12H,4-11,16H2,1-3H3,(H,17,19). The largest absolute Gasteiger partial charge is 0.356 e. The van der Waals surface area contributed by atoms with E-state index < -0.39 is 0 Å². The lowest BCUT2D eigenvalue weighted by Crippen LogP contribution is -2.53. The highest BCUT2D eigenvalue weighted by molar-refractivity contribution is 5.79. The smallest absolute Gasteiger partial charge is 0.222 e. The fourth-order valence-corrected chi connectivity index (χ4v) is 2.50. The number of hydrogen-bond acceptors (Lipinski definition) is 3. The summed E-state index contributed by atoms with van der Waals surface area (Å²) in [4.78, 5) is 25.5. The zero-order chi connectivity index (χ0) is 15.2. The van der Waals surface area contributed by atoms with Crippen molar-refractivity contribution in [1.29, 1.82) is 0 Å². The summed E-state index contributed by atoms with van der Waals surface area (Å²) < 4.78 is 0. The van der Waals surface area contributed by atoms with Crippen LogP contribution in [-0.2, 0) is 9.59 Å². The Morgan fingerprint density at radius 1 is 1.35 bits per heavy atom. The number of nitrogens with zero attached hydrogens (tertiary/aromatic N) is 1. The highest BCUT2D eigenvalue weighted by Crippen LogP contribution is 2.28. The van der Waals surface area contributed by atoms with Crippen molar-refractivity contribution in [2.24, 2.45) is 11.1 Å². The van der Waals surface area contributed by atoms with E-state index in [2.05, 4.69) is 19.2 Å². The summed E-state index contributed by atoms with van der Waals surface area (Å²) in [5.74, 6) is 0.189. The lowest BCUT2D eigenvalue weighted by Gasteiger charge is -2.42. The first-order valence-electron chi connectivity index (χ1n) is 7.67. The first-order chi connectivity index (χ1) is 9.36. The molecule has 0 radical (unpaired) electrons. The molecule has 1 aliphatic heterocycles. The maximum absolute atomic E-state index is 12.1. The van der Waals surface area contributed by atoms with Crippen LogP contribution in [0.25, 0.3) is 0 Å². The average molecular weight is 283 g/mol. The molecule has 1 aliphatic rings. The quantitative estimate of drug-likeness (QED) is 0.771. The number of nitrogens with two attached hydrogens (primary N) is 1. The number of carbonyl (C=O) groups is 2. The van der Waals surface area contributed by atoms with Crippen molar-refractivity contribution in [3.05, 3.63) is 0 Å². The van der Waals surface area contributed by atoms with Gasteiger partial charge in [0, 0.05) is 38.5 Å². The van der Waals surface area contributed by atoms with Crippen LogP contribution in [0.4, 0.5) is 0 Å². The molecule has 1 rings (SSSR count). The summed E-state index contributed by atoms with van der Waals surface area (Å²) in [5.41, 5.74) is 6.05. The molecule has 1 fully saturated rings. The summed E-state index contributed by atoms with van der Waals surface area (Å²) in [6.07, 6.45) is 3.30. The molecule has 5 heteroatoms. The molecule has 5 nitrogen and oxygen atoms in total. The van der Waals surface area contributed by atoms with Gasteiger partial charge >= 0.3 is 0 Å². The predicted molar refractivity (Wildman–Crippen MR) is 80.1 cm³/mol. The number of amides is 2. The van der Waals surface area contributed by atoms with Gasteiger partial charge in [-0.2, -0.15) is 0 Å². The number of likely N-dealkylation sites (tertiary alicyclic amines) is 1. The molecule has 0 bridgehead atoms. The topological polar surface area (TPSA) is 75.4 Å². The highest BCUT2D eigenvalue weighted by atomic mass is 16.2. The highest BCUT2D eigenvalue weighted by Gasteiger charge is 2.34. The molecule has 1 atom stereocenters. The van der Waals surface area contributed by atoms with Crippen molar-refractivity contribution in [3.8, 4) is 0 Å². The van der Waals surface area contributed by atoms with Crippen LogP contribution in [0.5, 0.6) is 0 Å². The third kappa shape index (κ3) is 5.12. The number of nitrogens with one attached hydrogen (secondary N) is 1. The minimum absolute atomic E-state index is 0.0214. The van der Waals surface area contributed by atoms with E-state index in [1.54, 1.807) is 0 Å². The van der Waals surface area contributed by atoms with Gasteiger partial charge in [-0.05, 0) is 24.7 Å². The molecule has 3 N–H and O–H groups in total. The maximum Gasteiger partial charge on any atom is 0.222 e. The van der Waals surface area contributed by atoms with E-state index in [0.717, 1.165) is 25.9 Å². The molecule has 0 aromatic carbocycles. The van der Waals surface area contributed by atoms with Crippen LogP contribution in [0.2, 0.25) is 0 Å². The van der Waals surface area contributed by atoms with Gasteiger partial charge < -0.3 is 16.0 Å². The van der Waals surface area contributed by atoms with Crippen LogP contribution in [-0.4, -0.2) is 42.4 Å². The lowest BCUT2D eigenvalue weighted by molar-refractivity contribution is -0.134. The van der Waals surface area contributed by atoms with Crippen LogP contribution in [0.1, 0.15) is 52.9 Å². The van der Waals surface area contributed by atoms with E-state index in [-0.39, 0.29) is 23.3 Å². The second kappa shape index (κ2) is 7.62. The van der Waals surface area contributed by atoms with E-state index in [1.807, 2.05) is 11.8 Å². The zero-order valence-electron chi connectivity index (χ0n) is 13.1. The molecule has 20 heavy (non-hydrogen) atoms. The molecule has 0 saturated carbocycles. The van der Waals surface area contributed by atoms with Gasteiger partial charge in [-0.1, -0.05) is 20.8 Å². The zero-order valence-corrected chi connectivity index (χ0v) is 13.1. The summed E-state index contributed by atoms with van der Waals surface area (Å²) in [5, 5.41) is 2.82. The Hall–Kier alpha value is -1.10. The first kappa shape index (κ1) is 17.0. The van der Waals surface area contributed by atoms with Gasteiger partial charge in [-0.15, -0.1) is 0 Å². The minimum atomic E-state index is -0.0214. The maximum atomic E-state index is 12.1. The molecular weight excluding hydrogens is 254 g/mol. The average Bonchev–Trinajstić information content (AvgIpc) is 2.39. The number of piperidine rings is 1. The van der Waals surface area contributed by atoms with Crippen LogP contribution in [0.3, 0.4) is 0 Å². The molecule has 0 aromatic rings. The van der Waals surface area contributed by atoms with E-state index in [4.69, 9.17) is 5.73 Å². The molecule has 2 amide bonds. The fourth-order valence-electron chi connectivity index (χ4n) is 2.50. The molecular formula is C15H29N3O2. The van der Waals surface area contributed by atoms with Crippen molar-refractivity contribution < 1.29 is 9.59 Å². The summed E-state index contributed by atoms with van der Waals surface area (Å²) >= 11 is 0. The lowest BCUT2D eigenvalue weighted by atomic mass is 9.79. The molecule has 116 valence electrons. The van der Waals surface area contributed by atoms with Gasteiger partial charge in [0.15, 0.2) is 0 Å². The van der Waals surface area contributed by atoms with Gasteiger partial charge in [0.05, 0.1) is 0 Å². The number of carbonyl (C=O) groups excluding carboxylic acids is 2. The van der Waals surface area contributed by atoms with Gasteiger partial charge in [-0.3, -0.25) is 9.59 Å². The normalized spacial score (nSPS) is 21.6. The Labute approximate surface area is 122 Å². The number of hydrogen-bond donors (Lipinski definition) is 2. The molecule has 0 aliphatic carbocycles. The molecule has 0 spiro atoms. The SMILES string of the molecule is CCCNC(=O)CCCC(=O)N1CCC(N)C(C)(C)C1. The van der Waals surface area contributed by atoms with Gasteiger partial charge in [0.1, 0.15) is 0 Å². The van der Waals surface area contributed by atoms with Crippen LogP contribution >= 0.6 is 0 Å². The van der Waals surface area contributed by atoms with Crippen molar-refractivity contribution in [3.63, 3.8) is 0 Å². The van der Waals surface area contributed by atoms with Gasteiger partial charge in [-0.25, -0.2) is 0 Å². The molecule has 1 heterocycles. The second-order valence-corrected chi connectivity index (χ2v) is 6.40. The molecule has 1 saturated heterocycles. The fraction of sp³-hybridized carbons (Fsp3) is 0.867. The van der Waals surface area contributed by atoms with E-state index in [0.29, 0.717) is 25.8 Å². The molecule has 0 aromatic heterocycles. The Morgan fingerprint density at radius 3 is 2.65 bits per heavy atom. The third-order valence-corrected chi connectivity index (χ3v) is 4.03. The third-order valence-electron chi connectivity index (χ3n) is 4.03. The van der Waals surface area contributed by atoms with E-state index in [9.17, 15) is 9.59 Å². The van der Waals surface area contributed by atoms with E-state index >= 15 is 0 Å². The van der Waals surface area contributed by atoms with Gasteiger partial charge in [0.25, 0.3) is 0 Å². The minimum Gasteiger partial charge on any atom is -0.356 e. The van der Waals surface area contributed by atoms with Gasteiger partial charge in [0.2, 0.25) is 11.8 Å². The summed E-state index contributed by atoms with van der Waals surface area (Å²) in [6, 6.07) is 0.159. The van der Waals surface area contributed by atoms with Crippen LogP contribution in [0.15, 0.2) is 0 Å². The monoisotopic (exact) mass is 283 g/mol. The summed E-state index contributed by atoms with van der Waals surface area (Å²) in [6.45, 7) is 8.41. The Balaban J connectivity index is 2.28. The number of rotatable bonds is 6. The molecule has 1 unspecified atom stereocenters. The van der Waals surface area contributed by atoms with Crippen molar-refractivity contribution in [2.75, 3.05) is 19.6 Å². The summed E-state index contributed by atoms with van der Waals surface area (Å²) in [7, 11) is 0. The van der Waals surface area contributed by atoms with Crippen molar-refractivity contribution >= 4 is 11.8 Å². The predicted octanol–water partition coefficient (Wildman–Crippen LogP) is 1.27. The Morgan fingerprint density at radius 2 is 2.05 bits per heavy atom. The van der Waals surface area contributed by atoms with Crippen LogP contribution < -0.4 is 11.1 Å². The van der Waals surface area contributed by atoms with Crippen LogP contribution in [0, 0.1) is 5.41 Å². The van der Waals surface area contributed by atoms with E-state index in [1.165, 1.54) is 0 Å².